The van der Waals surface area contributed by atoms with Crippen LogP contribution in [0.1, 0.15) is 10.4 Å². The molecular weight excluding hydrogens is 355 g/mol. The van der Waals surface area contributed by atoms with Gasteiger partial charge in [0.25, 0.3) is 5.91 Å². The predicted octanol–water partition coefficient (Wildman–Crippen LogP) is 3.90. The van der Waals surface area contributed by atoms with Crippen LogP contribution in [0.3, 0.4) is 0 Å². The van der Waals surface area contributed by atoms with Crippen LogP contribution in [0.15, 0.2) is 54.7 Å². The Labute approximate surface area is 154 Å². The number of amides is 1. The Morgan fingerprint density at radius 2 is 1.88 bits per heavy atom. The zero-order chi connectivity index (χ0) is 18.4. The number of carbonyl (C=O) groups is 1. The number of nitrogens with zero attached hydrogens (tertiary/aromatic N) is 1. The molecule has 0 saturated carbocycles. The van der Waals surface area contributed by atoms with E-state index in [0.29, 0.717) is 23.1 Å². The summed E-state index contributed by atoms with van der Waals surface area (Å²) >= 11 is 1.37. The van der Waals surface area contributed by atoms with E-state index < -0.39 is 0 Å². The minimum atomic E-state index is -0.307. The molecule has 1 aromatic heterocycles. The van der Waals surface area contributed by atoms with Crippen LogP contribution in [0.25, 0.3) is 0 Å². The van der Waals surface area contributed by atoms with Crippen molar-refractivity contribution in [3.63, 3.8) is 0 Å². The van der Waals surface area contributed by atoms with Crippen LogP contribution in [0.2, 0.25) is 0 Å². The van der Waals surface area contributed by atoms with Crippen LogP contribution in [0, 0.1) is 5.82 Å². The van der Waals surface area contributed by atoms with Gasteiger partial charge < -0.3 is 9.47 Å². The van der Waals surface area contributed by atoms with Gasteiger partial charge in [-0.05, 0) is 29.8 Å². The van der Waals surface area contributed by atoms with Crippen LogP contribution >= 0.6 is 11.3 Å². The summed E-state index contributed by atoms with van der Waals surface area (Å²) in [6.45, 7) is -0.146. The Kier molecular flexibility index (Phi) is 5.80. The molecule has 0 saturated heterocycles. The lowest BCUT2D eigenvalue weighted by Gasteiger charge is -2.09. The first kappa shape index (κ1) is 17.9. The SMILES string of the molecule is COc1ccccc1OCC(=O)Nc1ncc(Cc2ccc(F)cc2)s1. The summed E-state index contributed by atoms with van der Waals surface area (Å²) in [6, 6.07) is 13.4. The van der Waals surface area contributed by atoms with Gasteiger partial charge in [-0.2, -0.15) is 0 Å². The van der Waals surface area contributed by atoms with E-state index in [2.05, 4.69) is 10.3 Å². The summed E-state index contributed by atoms with van der Waals surface area (Å²) in [7, 11) is 1.54. The molecule has 0 aliphatic rings. The number of hydrogen-bond donors (Lipinski definition) is 1. The van der Waals surface area contributed by atoms with Gasteiger partial charge in [0.1, 0.15) is 5.82 Å². The molecule has 7 heteroatoms. The molecule has 0 bridgehead atoms. The molecule has 5 nitrogen and oxygen atoms in total. The number of thiazole rings is 1. The van der Waals surface area contributed by atoms with E-state index in [4.69, 9.17) is 9.47 Å². The smallest absolute Gasteiger partial charge is 0.264 e. The van der Waals surface area contributed by atoms with Crippen molar-refractivity contribution in [3.05, 3.63) is 71.0 Å². The Balaban J connectivity index is 1.53. The van der Waals surface area contributed by atoms with E-state index in [-0.39, 0.29) is 18.3 Å². The maximum Gasteiger partial charge on any atom is 0.264 e. The molecule has 0 fully saturated rings. The van der Waals surface area contributed by atoms with Crippen molar-refractivity contribution >= 4 is 22.4 Å². The summed E-state index contributed by atoms with van der Waals surface area (Å²) in [4.78, 5) is 17.2. The van der Waals surface area contributed by atoms with Gasteiger partial charge in [-0.3, -0.25) is 10.1 Å². The van der Waals surface area contributed by atoms with Crippen molar-refractivity contribution in [2.24, 2.45) is 0 Å². The number of para-hydroxylation sites is 2. The summed E-state index contributed by atoms with van der Waals surface area (Å²) in [5, 5.41) is 3.20. The lowest BCUT2D eigenvalue weighted by atomic mass is 10.1. The van der Waals surface area contributed by atoms with Crippen LogP contribution in [0.5, 0.6) is 11.5 Å². The number of aromatic nitrogens is 1. The molecule has 2 aromatic carbocycles. The monoisotopic (exact) mass is 372 g/mol. The van der Waals surface area contributed by atoms with E-state index in [0.717, 1.165) is 10.4 Å². The minimum absolute atomic E-state index is 0.146. The van der Waals surface area contributed by atoms with Gasteiger partial charge >= 0.3 is 0 Å². The number of carbonyl (C=O) groups excluding carboxylic acids is 1. The van der Waals surface area contributed by atoms with Gasteiger partial charge in [0.05, 0.1) is 7.11 Å². The fourth-order valence-corrected chi connectivity index (χ4v) is 3.15. The molecule has 3 aromatic rings. The van der Waals surface area contributed by atoms with Crippen molar-refractivity contribution in [3.8, 4) is 11.5 Å². The Hall–Kier alpha value is -2.93. The topological polar surface area (TPSA) is 60.5 Å². The second-order valence-corrected chi connectivity index (χ2v) is 6.54. The minimum Gasteiger partial charge on any atom is -0.493 e. The number of rotatable bonds is 7. The first-order chi connectivity index (χ1) is 12.6. The van der Waals surface area contributed by atoms with E-state index in [1.54, 1.807) is 43.6 Å². The molecule has 3 rings (SSSR count). The second-order valence-electron chi connectivity index (χ2n) is 5.42. The molecule has 0 aliphatic heterocycles. The van der Waals surface area contributed by atoms with Gasteiger partial charge in [-0.15, -0.1) is 11.3 Å². The Morgan fingerprint density at radius 1 is 1.15 bits per heavy atom. The zero-order valence-electron chi connectivity index (χ0n) is 14.1. The van der Waals surface area contributed by atoms with Gasteiger partial charge in [0, 0.05) is 17.5 Å². The molecular formula is C19H17FN2O3S. The molecule has 0 radical (unpaired) electrons. The largest absolute Gasteiger partial charge is 0.493 e. The third-order valence-corrected chi connectivity index (χ3v) is 4.43. The number of hydrogen-bond acceptors (Lipinski definition) is 5. The average Bonchev–Trinajstić information content (AvgIpc) is 3.09. The van der Waals surface area contributed by atoms with Gasteiger partial charge in [-0.1, -0.05) is 24.3 Å². The highest BCUT2D eigenvalue weighted by Crippen LogP contribution is 2.26. The van der Waals surface area contributed by atoms with Crippen LogP contribution < -0.4 is 14.8 Å². The lowest BCUT2D eigenvalue weighted by Crippen LogP contribution is -2.20. The number of halogens is 1. The number of nitrogens with one attached hydrogen (secondary N) is 1. The van der Waals surface area contributed by atoms with E-state index in [1.807, 2.05) is 6.07 Å². The molecule has 1 heterocycles. The second kappa shape index (κ2) is 8.44. The van der Waals surface area contributed by atoms with Crippen LogP contribution in [-0.4, -0.2) is 24.6 Å². The molecule has 0 unspecified atom stereocenters. The third kappa shape index (κ3) is 4.80. The highest BCUT2D eigenvalue weighted by Gasteiger charge is 2.10. The van der Waals surface area contributed by atoms with Gasteiger partial charge in [-0.25, -0.2) is 9.37 Å². The van der Waals surface area contributed by atoms with E-state index >= 15 is 0 Å². The fourth-order valence-electron chi connectivity index (χ4n) is 2.29. The first-order valence-electron chi connectivity index (χ1n) is 7.89. The summed E-state index contributed by atoms with van der Waals surface area (Å²) in [5.41, 5.74) is 0.979. The number of ether oxygens (including phenoxy) is 2. The predicted molar refractivity (Wildman–Crippen MR) is 98.4 cm³/mol. The van der Waals surface area contributed by atoms with Crippen LogP contribution in [-0.2, 0) is 11.2 Å². The summed E-state index contributed by atoms with van der Waals surface area (Å²) in [5.74, 6) is 0.497. The average molecular weight is 372 g/mol. The normalized spacial score (nSPS) is 10.4. The lowest BCUT2D eigenvalue weighted by molar-refractivity contribution is -0.118. The molecule has 26 heavy (non-hydrogen) atoms. The maximum atomic E-state index is 12.9. The molecule has 134 valence electrons. The summed E-state index contributed by atoms with van der Waals surface area (Å²) in [6.07, 6.45) is 2.33. The van der Waals surface area contributed by atoms with Crippen LogP contribution in [0.4, 0.5) is 9.52 Å². The Morgan fingerprint density at radius 3 is 2.62 bits per heavy atom. The van der Waals surface area contributed by atoms with Crippen molar-refractivity contribution in [1.82, 2.24) is 4.98 Å². The van der Waals surface area contributed by atoms with Crippen molar-refractivity contribution in [1.29, 1.82) is 0 Å². The van der Waals surface area contributed by atoms with Gasteiger partial charge in [0.2, 0.25) is 0 Å². The molecule has 1 amide bonds. The molecule has 0 aliphatic carbocycles. The number of benzene rings is 2. The molecule has 0 atom stereocenters. The van der Waals surface area contributed by atoms with Crippen molar-refractivity contribution in [2.45, 2.75) is 6.42 Å². The highest BCUT2D eigenvalue weighted by atomic mass is 32.1. The number of methoxy groups -OCH3 is 1. The standard InChI is InChI=1S/C19H17FN2O3S/c1-24-16-4-2-3-5-17(16)25-12-18(23)22-19-21-11-15(26-19)10-13-6-8-14(20)9-7-13/h2-9,11H,10,12H2,1H3,(H,21,22,23). The number of anilines is 1. The third-order valence-electron chi connectivity index (χ3n) is 3.52. The Bertz CT molecular complexity index is 881. The maximum absolute atomic E-state index is 12.9. The fraction of sp³-hybridized carbons (Fsp3) is 0.158. The quantitative estimate of drug-likeness (QED) is 0.683. The van der Waals surface area contributed by atoms with Gasteiger partial charge in [0.15, 0.2) is 23.2 Å². The van der Waals surface area contributed by atoms with E-state index in [9.17, 15) is 9.18 Å². The molecule has 0 spiro atoms. The molecule has 1 N–H and O–H groups in total. The first-order valence-corrected chi connectivity index (χ1v) is 8.70. The van der Waals surface area contributed by atoms with Crippen molar-refractivity contribution in [2.75, 3.05) is 19.0 Å². The van der Waals surface area contributed by atoms with E-state index in [1.165, 1.54) is 23.5 Å². The summed E-state index contributed by atoms with van der Waals surface area (Å²) < 4.78 is 23.6. The highest BCUT2D eigenvalue weighted by molar-refractivity contribution is 7.15. The van der Waals surface area contributed by atoms with Crippen molar-refractivity contribution < 1.29 is 18.7 Å². The zero-order valence-corrected chi connectivity index (χ0v) is 14.9.